The molecule has 0 aliphatic rings. The number of aliphatic imine (C=N–C) groups is 1. The minimum absolute atomic E-state index is 0.0170. The van der Waals surface area contributed by atoms with Gasteiger partial charge in [-0.3, -0.25) is 0 Å². The number of hydrogen-bond acceptors (Lipinski definition) is 1. The molecule has 15 heavy (non-hydrogen) atoms. The molecule has 2 heteroatoms. The monoisotopic (exact) mass is 208 g/mol. The van der Waals surface area contributed by atoms with Crippen LogP contribution < -0.4 is 0 Å². The van der Waals surface area contributed by atoms with Crippen LogP contribution in [0.5, 0.6) is 0 Å². The fraction of sp³-hybridized carbons (Fsp3) is 0.615. The summed E-state index contributed by atoms with van der Waals surface area (Å²) in [5.41, 5.74) is -0.0352. The highest BCUT2D eigenvalue weighted by Gasteiger charge is 2.29. The van der Waals surface area contributed by atoms with E-state index in [4.69, 9.17) is 0 Å². The first kappa shape index (κ1) is 13.9. The van der Waals surface area contributed by atoms with E-state index < -0.39 is 0 Å². The summed E-state index contributed by atoms with van der Waals surface area (Å²) < 4.78 is 0. The first-order valence-corrected chi connectivity index (χ1v) is 5.25. The first-order chi connectivity index (χ1) is 6.64. The second-order valence-corrected chi connectivity index (χ2v) is 5.61. The van der Waals surface area contributed by atoms with E-state index in [-0.39, 0.29) is 11.0 Å². The zero-order valence-corrected chi connectivity index (χ0v) is 11.0. The molecule has 0 saturated carbocycles. The van der Waals surface area contributed by atoms with Crippen molar-refractivity contribution >= 4 is 5.84 Å². The third-order valence-corrected chi connectivity index (χ3v) is 2.02. The van der Waals surface area contributed by atoms with E-state index in [1.54, 1.807) is 6.20 Å². The Kier molecular flexibility index (Phi) is 4.32. The third-order valence-electron chi connectivity index (χ3n) is 2.02. The normalized spacial score (nSPS) is 13.6. The van der Waals surface area contributed by atoms with Crippen LogP contribution in [0.2, 0.25) is 0 Å². The quantitative estimate of drug-likeness (QED) is 0.497. The van der Waals surface area contributed by atoms with Crippen LogP contribution >= 0.6 is 0 Å². The molecule has 0 atom stereocenters. The van der Waals surface area contributed by atoms with Crippen molar-refractivity contribution in [3.05, 3.63) is 25.6 Å². The molecule has 0 spiro atoms. The number of amidine groups is 1. The van der Waals surface area contributed by atoms with E-state index in [1.807, 2.05) is 6.20 Å². The topological polar surface area (TPSA) is 15.6 Å². The van der Waals surface area contributed by atoms with Crippen LogP contribution in [-0.2, 0) is 0 Å². The summed E-state index contributed by atoms with van der Waals surface area (Å²) in [5, 5.41) is 0. The summed E-state index contributed by atoms with van der Waals surface area (Å²) in [6.07, 6.45) is 3.41. The van der Waals surface area contributed by atoms with Crippen LogP contribution in [-0.4, -0.2) is 16.3 Å². The van der Waals surface area contributed by atoms with Gasteiger partial charge in [0.2, 0.25) is 0 Å². The van der Waals surface area contributed by atoms with Crippen molar-refractivity contribution in [3.8, 4) is 0 Å². The van der Waals surface area contributed by atoms with E-state index in [9.17, 15) is 0 Å². The molecule has 0 aliphatic carbocycles. The first-order valence-electron chi connectivity index (χ1n) is 5.25. The van der Waals surface area contributed by atoms with Gasteiger partial charge in [0, 0.05) is 17.2 Å². The Labute approximate surface area is 94.4 Å². The van der Waals surface area contributed by atoms with Crippen molar-refractivity contribution in [1.29, 1.82) is 0 Å². The van der Waals surface area contributed by atoms with Gasteiger partial charge in [-0.25, -0.2) is 4.99 Å². The van der Waals surface area contributed by atoms with Gasteiger partial charge in [-0.05, 0) is 27.0 Å². The highest BCUT2D eigenvalue weighted by Crippen LogP contribution is 2.25. The summed E-state index contributed by atoms with van der Waals surface area (Å²) in [7, 11) is 0. The van der Waals surface area contributed by atoms with Crippen LogP contribution in [0.4, 0.5) is 0 Å². The molecule has 0 radical (unpaired) electrons. The van der Waals surface area contributed by atoms with Crippen molar-refractivity contribution < 1.29 is 0 Å². The van der Waals surface area contributed by atoms with E-state index in [2.05, 4.69) is 64.6 Å². The Bertz CT molecular complexity index is 261. The van der Waals surface area contributed by atoms with E-state index in [0.29, 0.717) is 0 Å². The van der Waals surface area contributed by atoms with Crippen LogP contribution in [0.15, 0.2) is 30.6 Å². The average Bonchev–Trinajstić information content (AvgIpc) is 2.00. The van der Waals surface area contributed by atoms with Gasteiger partial charge in [-0.2, -0.15) is 0 Å². The lowest BCUT2D eigenvalue weighted by molar-refractivity contribution is 0.287. The Morgan fingerprint density at radius 1 is 1.07 bits per heavy atom. The molecule has 0 bridgehead atoms. The number of nitrogens with zero attached hydrogens (tertiary/aromatic N) is 2. The molecule has 0 aromatic carbocycles. The lowest BCUT2D eigenvalue weighted by atomic mass is 9.91. The number of rotatable bonds is 2. The predicted molar refractivity (Wildman–Crippen MR) is 68.9 cm³/mol. The Morgan fingerprint density at radius 2 is 1.53 bits per heavy atom. The molecule has 2 nitrogen and oxygen atoms in total. The minimum atomic E-state index is -0.0182. The highest BCUT2D eigenvalue weighted by molar-refractivity contribution is 5.89. The molecular formula is C13H24N2. The van der Waals surface area contributed by atoms with Gasteiger partial charge in [0.15, 0.2) is 0 Å². The van der Waals surface area contributed by atoms with Gasteiger partial charge in [0.25, 0.3) is 0 Å². The smallest absolute Gasteiger partial charge is 0.114 e. The second-order valence-electron chi connectivity index (χ2n) is 5.61. The maximum Gasteiger partial charge on any atom is 0.114 e. The molecule has 86 valence electrons. The van der Waals surface area contributed by atoms with Crippen molar-refractivity contribution in [2.24, 2.45) is 10.4 Å². The third kappa shape index (κ3) is 3.90. The molecule has 0 unspecified atom stereocenters. The maximum absolute atomic E-state index is 4.37. The molecule has 0 aromatic heterocycles. The molecule has 0 N–H and O–H groups in total. The van der Waals surface area contributed by atoms with Gasteiger partial charge in [-0.1, -0.05) is 33.9 Å². The SMILES string of the molecule is C=CN=C(N(C=C)C(C)(C)C)C(C)(C)C. The van der Waals surface area contributed by atoms with Gasteiger partial charge < -0.3 is 4.90 Å². The Balaban J connectivity index is 5.34. The van der Waals surface area contributed by atoms with E-state index in [1.165, 1.54) is 0 Å². The van der Waals surface area contributed by atoms with Crippen LogP contribution in [0.3, 0.4) is 0 Å². The van der Waals surface area contributed by atoms with Crippen LogP contribution in [0.25, 0.3) is 0 Å². The molecule has 0 heterocycles. The molecular weight excluding hydrogens is 184 g/mol. The van der Waals surface area contributed by atoms with E-state index in [0.717, 1.165) is 5.84 Å². The van der Waals surface area contributed by atoms with Crippen molar-refractivity contribution in [3.63, 3.8) is 0 Å². The van der Waals surface area contributed by atoms with E-state index >= 15 is 0 Å². The van der Waals surface area contributed by atoms with Crippen LogP contribution in [0.1, 0.15) is 41.5 Å². The fourth-order valence-electron chi connectivity index (χ4n) is 1.38. The van der Waals surface area contributed by atoms with Gasteiger partial charge in [0.1, 0.15) is 5.84 Å². The van der Waals surface area contributed by atoms with Gasteiger partial charge >= 0.3 is 0 Å². The molecule has 0 saturated heterocycles. The minimum Gasteiger partial charge on any atom is -0.331 e. The second kappa shape index (κ2) is 4.65. The van der Waals surface area contributed by atoms with Gasteiger partial charge in [-0.15, -0.1) is 0 Å². The summed E-state index contributed by atoms with van der Waals surface area (Å²) in [4.78, 5) is 6.46. The Hall–Kier alpha value is -1.05. The molecule has 0 fully saturated rings. The van der Waals surface area contributed by atoms with Crippen molar-refractivity contribution in [2.45, 2.75) is 47.1 Å². The van der Waals surface area contributed by atoms with Gasteiger partial charge in [0.05, 0.1) is 0 Å². The molecule has 0 amide bonds. The summed E-state index contributed by atoms with van der Waals surface area (Å²) in [5.74, 6) is 0.986. The zero-order chi connectivity index (χ0) is 12.3. The molecule has 0 rings (SSSR count). The maximum atomic E-state index is 4.37. The summed E-state index contributed by atoms with van der Waals surface area (Å²) in [6, 6.07) is 0. The highest BCUT2D eigenvalue weighted by atomic mass is 15.2. The Morgan fingerprint density at radius 3 is 1.73 bits per heavy atom. The summed E-state index contributed by atoms with van der Waals surface area (Å²) in [6.45, 7) is 20.3. The van der Waals surface area contributed by atoms with Crippen molar-refractivity contribution in [1.82, 2.24) is 4.90 Å². The summed E-state index contributed by atoms with van der Waals surface area (Å²) >= 11 is 0. The molecule has 0 aliphatic heterocycles. The lowest BCUT2D eigenvalue weighted by Gasteiger charge is -2.40. The predicted octanol–water partition coefficient (Wildman–Crippen LogP) is 3.82. The standard InChI is InChI=1S/C13H24N2/c1-9-14-11(12(3,4)5)15(10-2)13(6,7)8/h9-10H,1-2H2,3-8H3. The lowest BCUT2D eigenvalue weighted by Crippen LogP contribution is -2.46. The van der Waals surface area contributed by atoms with Crippen molar-refractivity contribution in [2.75, 3.05) is 0 Å². The largest absolute Gasteiger partial charge is 0.331 e. The number of hydrogen-bond donors (Lipinski definition) is 0. The average molecular weight is 208 g/mol. The zero-order valence-electron chi connectivity index (χ0n) is 11.0. The molecule has 0 aromatic rings. The fourth-order valence-corrected chi connectivity index (χ4v) is 1.38. The van der Waals surface area contributed by atoms with Crippen LogP contribution in [0, 0.1) is 5.41 Å².